The average Bonchev–Trinajstić information content (AvgIpc) is 3.13. The lowest BCUT2D eigenvalue weighted by atomic mass is 10.1. The monoisotopic (exact) mass is 364 g/mol. The number of rotatable bonds is 6. The molecule has 0 saturated heterocycles. The summed E-state index contributed by atoms with van der Waals surface area (Å²) in [6.45, 7) is 0.909. The van der Waals surface area contributed by atoms with Crippen molar-refractivity contribution in [1.29, 1.82) is 0 Å². The molecular weight excluding hydrogens is 347 g/mol. The third kappa shape index (κ3) is 3.50. The van der Waals surface area contributed by atoms with Crippen molar-refractivity contribution in [2.24, 2.45) is 0 Å². The highest BCUT2D eigenvalue weighted by atomic mass is 19.1. The van der Waals surface area contributed by atoms with Gasteiger partial charge in [-0.1, -0.05) is 35.5 Å². The van der Waals surface area contributed by atoms with Crippen LogP contribution in [0.25, 0.3) is 22.4 Å². The van der Waals surface area contributed by atoms with E-state index < -0.39 is 0 Å². The fourth-order valence-electron chi connectivity index (χ4n) is 3.00. The number of aromatic nitrogens is 3. The first-order valence-electron chi connectivity index (χ1n) is 8.52. The predicted octanol–water partition coefficient (Wildman–Crippen LogP) is 3.42. The zero-order valence-corrected chi connectivity index (χ0v) is 14.4. The Bertz CT molecular complexity index is 1030. The quantitative estimate of drug-likeness (QED) is 0.565. The molecule has 0 unspecified atom stereocenters. The van der Waals surface area contributed by atoms with Crippen LogP contribution in [-0.2, 0) is 6.54 Å². The van der Waals surface area contributed by atoms with Gasteiger partial charge < -0.3 is 14.5 Å². The van der Waals surface area contributed by atoms with Gasteiger partial charge in [0.1, 0.15) is 29.0 Å². The summed E-state index contributed by atoms with van der Waals surface area (Å²) in [7, 11) is 0. The molecule has 2 aromatic carbocycles. The summed E-state index contributed by atoms with van der Waals surface area (Å²) in [5, 5.41) is 14.3. The fraction of sp³-hybridized carbons (Fsp3) is 0.150. The van der Waals surface area contributed by atoms with Gasteiger partial charge in [0.05, 0.1) is 6.61 Å². The Labute approximate surface area is 154 Å². The molecule has 0 radical (unpaired) electrons. The summed E-state index contributed by atoms with van der Waals surface area (Å²) >= 11 is 0. The van der Waals surface area contributed by atoms with Gasteiger partial charge in [0.15, 0.2) is 0 Å². The van der Waals surface area contributed by atoms with Crippen molar-refractivity contribution in [3.63, 3.8) is 0 Å². The van der Waals surface area contributed by atoms with Crippen molar-refractivity contribution >= 4 is 16.9 Å². The number of aliphatic hydroxyl groups excluding tert-OH is 1. The van der Waals surface area contributed by atoms with E-state index in [9.17, 15) is 9.50 Å². The van der Waals surface area contributed by atoms with Crippen LogP contribution in [0.5, 0.6) is 0 Å². The molecule has 4 rings (SSSR count). The molecule has 0 atom stereocenters. The molecule has 0 amide bonds. The molecule has 27 heavy (non-hydrogen) atoms. The molecule has 6 nitrogen and oxygen atoms in total. The zero-order valence-electron chi connectivity index (χ0n) is 14.4. The second-order valence-corrected chi connectivity index (χ2v) is 6.05. The van der Waals surface area contributed by atoms with Crippen LogP contribution >= 0.6 is 0 Å². The summed E-state index contributed by atoms with van der Waals surface area (Å²) in [6.07, 6.45) is 1.41. The Morgan fingerprint density at radius 3 is 2.52 bits per heavy atom. The molecule has 1 N–H and O–H groups in total. The van der Waals surface area contributed by atoms with E-state index in [0.717, 1.165) is 5.56 Å². The predicted molar refractivity (Wildman–Crippen MR) is 99.6 cm³/mol. The molecule has 0 aliphatic carbocycles. The van der Waals surface area contributed by atoms with Crippen LogP contribution in [0.4, 0.5) is 10.2 Å². The summed E-state index contributed by atoms with van der Waals surface area (Å²) < 4.78 is 18.7. The first kappa shape index (κ1) is 17.1. The van der Waals surface area contributed by atoms with Crippen LogP contribution in [0, 0.1) is 5.82 Å². The normalized spacial score (nSPS) is 11.0. The summed E-state index contributed by atoms with van der Waals surface area (Å²) in [5.74, 6) is 0.285. The van der Waals surface area contributed by atoms with Crippen molar-refractivity contribution in [3.05, 3.63) is 72.3 Å². The molecular formula is C20H17FN4O2. The largest absolute Gasteiger partial charge is 0.395 e. The maximum Gasteiger partial charge on any atom is 0.263 e. The highest BCUT2D eigenvalue weighted by molar-refractivity contribution is 5.97. The number of halogens is 1. The molecule has 2 heterocycles. The minimum Gasteiger partial charge on any atom is -0.395 e. The van der Waals surface area contributed by atoms with Gasteiger partial charge in [-0.05, 0) is 29.8 Å². The highest BCUT2D eigenvalue weighted by Gasteiger charge is 2.21. The van der Waals surface area contributed by atoms with Crippen LogP contribution in [0.2, 0.25) is 0 Å². The Morgan fingerprint density at radius 2 is 1.78 bits per heavy atom. The third-order valence-corrected chi connectivity index (χ3v) is 4.26. The van der Waals surface area contributed by atoms with E-state index in [1.807, 2.05) is 35.2 Å². The van der Waals surface area contributed by atoms with Gasteiger partial charge in [-0.2, -0.15) is 4.98 Å². The molecule has 0 fully saturated rings. The Balaban J connectivity index is 1.81. The Morgan fingerprint density at radius 1 is 1.00 bits per heavy atom. The second kappa shape index (κ2) is 7.51. The van der Waals surface area contributed by atoms with Gasteiger partial charge in [-0.25, -0.2) is 9.37 Å². The number of benzene rings is 2. The Hall–Kier alpha value is -3.32. The lowest BCUT2D eigenvalue weighted by Gasteiger charge is -2.23. The minimum absolute atomic E-state index is 0.0323. The molecule has 7 heteroatoms. The number of fused-ring (bicyclic) bond motifs is 1. The molecule has 0 saturated carbocycles. The van der Waals surface area contributed by atoms with Crippen LogP contribution in [0.1, 0.15) is 5.56 Å². The number of nitrogens with zero attached hydrogens (tertiary/aromatic N) is 4. The van der Waals surface area contributed by atoms with Gasteiger partial charge in [0, 0.05) is 18.7 Å². The van der Waals surface area contributed by atoms with Crippen molar-refractivity contribution in [1.82, 2.24) is 15.1 Å². The van der Waals surface area contributed by atoms with Crippen LogP contribution in [-0.4, -0.2) is 33.4 Å². The van der Waals surface area contributed by atoms with Crippen molar-refractivity contribution < 1.29 is 14.0 Å². The summed E-state index contributed by atoms with van der Waals surface area (Å²) in [6, 6.07) is 15.9. The lowest BCUT2D eigenvalue weighted by Crippen LogP contribution is -2.27. The van der Waals surface area contributed by atoms with E-state index in [0.29, 0.717) is 41.3 Å². The molecule has 4 aromatic rings. The minimum atomic E-state index is -0.325. The van der Waals surface area contributed by atoms with Crippen LogP contribution in [0.3, 0.4) is 0 Å². The second-order valence-electron chi connectivity index (χ2n) is 6.05. The van der Waals surface area contributed by atoms with Crippen molar-refractivity contribution in [3.8, 4) is 11.3 Å². The van der Waals surface area contributed by atoms with Crippen molar-refractivity contribution in [2.75, 3.05) is 18.1 Å². The van der Waals surface area contributed by atoms with E-state index in [-0.39, 0.29) is 12.4 Å². The average molecular weight is 364 g/mol. The topological polar surface area (TPSA) is 75.3 Å². The van der Waals surface area contributed by atoms with Gasteiger partial charge in [0.2, 0.25) is 0 Å². The van der Waals surface area contributed by atoms with Crippen molar-refractivity contribution in [2.45, 2.75) is 6.54 Å². The van der Waals surface area contributed by atoms with E-state index in [1.165, 1.54) is 18.5 Å². The zero-order chi connectivity index (χ0) is 18.6. The highest BCUT2D eigenvalue weighted by Crippen LogP contribution is 2.33. The van der Waals surface area contributed by atoms with Gasteiger partial charge in [-0.15, -0.1) is 0 Å². The van der Waals surface area contributed by atoms with E-state index in [4.69, 9.17) is 4.52 Å². The first-order chi connectivity index (χ1) is 13.3. The maximum absolute atomic E-state index is 13.3. The fourth-order valence-corrected chi connectivity index (χ4v) is 3.00. The molecule has 0 bridgehead atoms. The standard InChI is InChI=1S/C20H17FN4O2/c21-16-8-6-15(7-9-16)18-17-19(22-13-23-20(17)27-24-18)25(10-11-26)12-14-4-2-1-3-5-14/h1-9,13,26H,10-12H2. The summed E-state index contributed by atoms with van der Waals surface area (Å²) in [5.41, 5.74) is 2.67. The maximum atomic E-state index is 13.3. The van der Waals surface area contributed by atoms with E-state index in [2.05, 4.69) is 15.1 Å². The lowest BCUT2D eigenvalue weighted by molar-refractivity contribution is 0.301. The van der Waals surface area contributed by atoms with Gasteiger partial charge in [-0.3, -0.25) is 0 Å². The molecule has 2 aromatic heterocycles. The third-order valence-electron chi connectivity index (χ3n) is 4.26. The van der Waals surface area contributed by atoms with Gasteiger partial charge in [0.25, 0.3) is 5.71 Å². The first-order valence-corrected chi connectivity index (χ1v) is 8.52. The number of aliphatic hydroxyl groups is 1. The molecule has 0 aliphatic rings. The molecule has 136 valence electrons. The number of hydrogen-bond acceptors (Lipinski definition) is 6. The smallest absolute Gasteiger partial charge is 0.263 e. The number of hydrogen-bond donors (Lipinski definition) is 1. The van der Waals surface area contributed by atoms with E-state index in [1.54, 1.807) is 12.1 Å². The molecule has 0 aliphatic heterocycles. The van der Waals surface area contributed by atoms with E-state index >= 15 is 0 Å². The summed E-state index contributed by atoms with van der Waals surface area (Å²) in [4.78, 5) is 10.5. The molecule has 0 spiro atoms. The van der Waals surface area contributed by atoms with Crippen LogP contribution in [0.15, 0.2) is 65.4 Å². The SMILES string of the molecule is OCCN(Cc1ccccc1)c1ncnc2onc(-c3ccc(F)cc3)c12. The Kier molecular flexibility index (Phi) is 4.76. The number of anilines is 1. The van der Waals surface area contributed by atoms with Gasteiger partial charge >= 0.3 is 0 Å². The van der Waals surface area contributed by atoms with Crippen LogP contribution < -0.4 is 4.90 Å².